The number of methoxy groups -OCH3 is 1. The average Bonchev–Trinajstić information content (AvgIpc) is 1.87. The molecule has 0 saturated carbocycles. The second kappa shape index (κ2) is 3.87. The Morgan fingerprint density at radius 1 is 1.60 bits per heavy atom. The third-order valence-electron chi connectivity index (χ3n) is 1.02. The zero-order valence-electron chi connectivity index (χ0n) is 6.09. The van der Waals surface area contributed by atoms with Crippen LogP contribution < -0.4 is 0 Å². The van der Waals surface area contributed by atoms with Crippen molar-refractivity contribution in [3.05, 3.63) is 6.92 Å². The molecule has 0 aromatic heterocycles. The molecule has 4 nitrogen and oxygen atoms in total. The predicted molar refractivity (Wildman–Crippen MR) is 35.0 cm³/mol. The molecule has 0 heterocycles. The van der Waals surface area contributed by atoms with Crippen molar-refractivity contribution in [3.63, 3.8) is 0 Å². The van der Waals surface area contributed by atoms with E-state index in [1.165, 1.54) is 19.1 Å². The molecule has 0 aromatic rings. The van der Waals surface area contributed by atoms with E-state index in [2.05, 4.69) is 11.7 Å². The molecule has 0 aliphatic heterocycles. The fraction of sp³-hybridized carbons (Fsp3) is 0.500. The molecule has 0 unspecified atom stereocenters. The summed E-state index contributed by atoms with van der Waals surface area (Å²) in [4.78, 5) is 22.1. The Balaban J connectivity index is 3.68. The van der Waals surface area contributed by atoms with Gasteiger partial charge in [0, 0.05) is 14.0 Å². The van der Waals surface area contributed by atoms with Gasteiger partial charge in [-0.05, 0) is 0 Å². The highest BCUT2D eigenvalue weighted by atomic mass is 16.5. The standard InChI is InChI=1S/C6H10NO3/c1-5(8)7(2)4-6(9)10-3/h1,4H2,2-3H3. The largest absolute Gasteiger partial charge is 0.468 e. The van der Waals surface area contributed by atoms with Crippen LogP contribution in [0.5, 0.6) is 0 Å². The van der Waals surface area contributed by atoms with E-state index >= 15 is 0 Å². The molecule has 1 radical (unpaired) electrons. The van der Waals surface area contributed by atoms with E-state index in [1.54, 1.807) is 0 Å². The van der Waals surface area contributed by atoms with Crippen molar-refractivity contribution < 1.29 is 14.3 Å². The van der Waals surface area contributed by atoms with Gasteiger partial charge >= 0.3 is 5.97 Å². The highest BCUT2D eigenvalue weighted by molar-refractivity contribution is 5.84. The molecule has 0 aliphatic carbocycles. The van der Waals surface area contributed by atoms with Gasteiger partial charge in [0.05, 0.1) is 7.11 Å². The van der Waals surface area contributed by atoms with Crippen molar-refractivity contribution in [2.75, 3.05) is 20.7 Å². The molecular formula is C6H10NO3. The van der Waals surface area contributed by atoms with Crippen molar-refractivity contribution in [3.8, 4) is 0 Å². The number of likely N-dealkylation sites (N-methyl/N-ethyl adjacent to an activating group) is 1. The number of esters is 1. The molecule has 0 fully saturated rings. The number of carbonyl (C=O) groups excluding carboxylic acids is 2. The van der Waals surface area contributed by atoms with Crippen LogP contribution in [0.25, 0.3) is 0 Å². The van der Waals surface area contributed by atoms with Crippen LogP contribution in [0.15, 0.2) is 0 Å². The summed E-state index contributed by atoms with van der Waals surface area (Å²) in [5.41, 5.74) is 0. The minimum absolute atomic E-state index is 0.0428. The quantitative estimate of drug-likeness (QED) is 0.488. The summed E-state index contributed by atoms with van der Waals surface area (Å²) in [5.74, 6) is -0.843. The van der Waals surface area contributed by atoms with Crippen LogP contribution in [0, 0.1) is 6.92 Å². The van der Waals surface area contributed by atoms with Crippen LogP contribution >= 0.6 is 0 Å². The summed E-state index contributed by atoms with van der Waals surface area (Å²) < 4.78 is 4.31. The fourth-order valence-corrected chi connectivity index (χ4v) is 0.346. The van der Waals surface area contributed by atoms with Gasteiger partial charge in [-0.25, -0.2) is 0 Å². The molecular weight excluding hydrogens is 134 g/mol. The lowest BCUT2D eigenvalue weighted by Crippen LogP contribution is -2.30. The Morgan fingerprint density at radius 3 is 2.40 bits per heavy atom. The second-order valence-electron chi connectivity index (χ2n) is 1.83. The third-order valence-corrected chi connectivity index (χ3v) is 1.02. The number of carbonyl (C=O) groups is 2. The van der Waals surface area contributed by atoms with E-state index in [9.17, 15) is 9.59 Å². The number of rotatable bonds is 2. The molecule has 10 heavy (non-hydrogen) atoms. The summed E-state index contributed by atoms with van der Waals surface area (Å²) in [7, 11) is 2.75. The van der Waals surface area contributed by atoms with Gasteiger partial charge in [0.25, 0.3) is 0 Å². The van der Waals surface area contributed by atoms with Gasteiger partial charge in [0.1, 0.15) is 6.54 Å². The maximum Gasteiger partial charge on any atom is 0.325 e. The van der Waals surface area contributed by atoms with E-state index in [0.29, 0.717) is 0 Å². The molecule has 0 rings (SSSR count). The summed E-state index contributed by atoms with van der Waals surface area (Å²) >= 11 is 0. The predicted octanol–water partition coefficient (Wildman–Crippen LogP) is -0.548. The first-order chi connectivity index (χ1) is 4.57. The summed E-state index contributed by atoms with van der Waals surface area (Å²) in [6, 6.07) is 0. The normalized spacial score (nSPS) is 8.70. The van der Waals surface area contributed by atoms with E-state index in [4.69, 9.17) is 0 Å². The monoisotopic (exact) mass is 144 g/mol. The maximum absolute atomic E-state index is 10.5. The molecule has 0 spiro atoms. The number of hydrogen-bond donors (Lipinski definition) is 0. The Morgan fingerprint density at radius 2 is 2.10 bits per heavy atom. The summed E-state index contributed by atoms with van der Waals surface area (Å²) in [5, 5.41) is 0. The van der Waals surface area contributed by atoms with Gasteiger partial charge in [0.2, 0.25) is 5.91 Å². The zero-order chi connectivity index (χ0) is 8.15. The van der Waals surface area contributed by atoms with Crippen molar-refractivity contribution in [2.24, 2.45) is 0 Å². The Kier molecular flexibility index (Phi) is 3.46. The van der Waals surface area contributed by atoms with Crippen LogP contribution in [0.2, 0.25) is 0 Å². The van der Waals surface area contributed by atoms with E-state index in [1.807, 2.05) is 0 Å². The van der Waals surface area contributed by atoms with Gasteiger partial charge in [0.15, 0.2) is 0 Å². The molecule has 4 heteroatoms. The molecule has 1 amide bonds. The van der Waals surface area contributed by atoms with Gasteiger partial charge in [-0.15, -0.1) is 0 Å². The molecule has 57 valence electrons. The lowest BCUT2D eigenvalue weighted by Gasteiger charge is -2.11. The Bertz CT molecular complexity index is 144. The van der Waals surface area contributed by atoms with E-state index in [0.717, 1.165) is 0 Å². The minimum atomic E-state index is -0.445. The molecule has 0 aromatic carbocycles. The molecule has 0 bridgehead atoms. The first kappa shape index (κ1) is 8.94. The summed E-state index contributed by atoms with van der Waals surface area (Å²) in [6.45, 7) is 3.06. The maximum atomic E-state index is 10.5. The minimum Gasteiger partial charge on any atom is -0.468 e. The first-order valence-electron chi connectivity index (χ1n) is 2.71. The lowest BCUT2D eigenvalue weighted by atomic mass is 10.5. The molecule has 0 aliphatic rings. The van der Waals surface area contributed by atoms with Crippen molar-refractivity contribution in [1.82, 2.24) is 4.90 Å². The van der Waals surface area contributed by atoms with E-state index in [-0.39, 0.29) is 6.54 Å². The van der Waals surface area contributed by atoms with Crippen molar-refractivity contribution in [2.45, 2.75) is 0 Å². The first-order valence-corrected chi connectivity index (χ1v) is 2.71. The SMILES string of the molecule is [CH2]C(=O)N(C)CC(=O)OC. The van der Waals surface area contributed by atoms with Crippen LogP contribution in [0.4, 0.5) is 0 Å². The Labute approximate surface area is 59.8 Å². The van der Waals surface area contributed by atoms with Crippen LogP contribution in [0.3, 0.4) is 0 Å². The highest BCUT2D eigenvalue weighted by Gasteiger charge is 2.07. The highest BCUT2D eigenvalue weighted by Crippen LogP contribution is 1.83. The topological polar surface area (TPSA) is 46.6 Å². The van der Waals surface area contributed by atoms with Crippen LogP contribution in [-0.4, -0.2) is 37.5 Å². The Hall–Kier alpha value is -1.06. The smallest absolute Gasteiger partial charge is 0.325 e. The van der Waals surface area contributed by atoms with Gasteiger partial charge in [-0.3, -0.25) is 9.59 Å². The van der Waals surface area contributed by atoms with E-state index < -0.39 is 11.9 Å². The molecule has 0 saturated heterocycles. The number of amides is 1. The van der Waals surface area contributed by atoms with Crippen molar-refractivity contribution >= 4 is 11.9 Å². The van der Waals surface area contributed by atoms with Gasteiger partial charge < -0.3 is 9.64 Å². The number of hydrogen-bond acceptors (Lipinski definition) is 3. The fourth-order valence-electron chi connectivity index (χ4n) is 0.346. The number of nitrogens with zero attached hydrogens (tertiary/aromatic N) is 1. The van der Waals surface area contributed by atoms with Crippen LogP contribution in [0.1, 0.15) is 0 Å². The second-order valence-corrected chi connectivity index (χ2v) is 1.83. The van der Waals surface area contributed by atoms with Crippen molar-refractivity contribution in [1.29, 1.82) is 0 Å². The third kappa shape index (κ3) is 3.06. The van der Waals surface area contributed by atoms with Gasteiger partial charge in [-0.2, -0.15) is 0 Å². The lowest BCUT2D eigenvalue weighted by molar-refractivity contribution is -0.144. The summed E-state index contributed by atoms with van der Waals surface area (Å²) in [6.07, 6.45) is 0. The van der Waals surface area contributed by atoms with Crippen LogP contribution in [-0.2, 0) is 14.3 Å². The average molecular weight is 144 g/mol. The molecule has 0 N–H and O–H groups in total. The van der Waals surface area contributed by atoms with Gasteiger partial charge in [-0.1, -0.05) is 0 Å². The zero-order valence-corrected chi connectivity index (χ0v) is 6.09. The molecule has 0 atom stereocenters. The number of ether oxygens (including phenoxy) is 1.